The third-order valence-corrected chi connectivity index (χ3v) is 3.59. The van der Waals surface area contributed by atoms with Crippen molar-refractivity contribution < 1.29 is 24.0 Å². The Bertz CT molecular complexity index is 691. The highest BCUT2D eigenvalue weighted by atomic mass is 35.5. The Kier molecular flexibility index (Phi) is 6.41. The smallest absolute Gasteiger partial charge is 1.00 e. The van der Waals surface area contributed by atoms with Gasteiger partial charge in [0.05, 0.1) is 11.6 Å². The van der Waals surface area contributed by atoms with Gasteiger partial charge >= 0.3 is 1.43 Å². The first-order valence-corrected chi connectivity index (χ1v) is 7.23. The van der Waals surface area contributed by atoms with Crippen LogP contribution in [0.25, 0.3) is 10.9 Å². The molecule has 2 unspecified atom stereocenters. The standard InChI is InChI=1S/C16H22N2O3.ClH/c1-4-12(17-9(2)3)16(21)11-5-7-13(19)15-10(11)6-8-14(20)18-15;/h5-9,12,16-17,19,21H,4H2,1-3H3,(H,18,20);1H. The molecule has 0 saturated carbocycles. The number of aliphatic hydroxyl groups excluding tert-OH is 1. The van der Waals surface area contributed by atoms with E-state index in [-0.39, 0.29) is 37.2 Å². The van der Waals surface area contributed by atoms with Crippen LogP contribution in [0.2, 0.25) is 0 Å². The highest BCUT2D eigenvalue weighted by molar-refractivity contribution is 5.87. The molecule has 0 saturated heterocycles. The molecule has 2 aromatic rings. The van der Waals surface area contributed by atoms with E-state index in [1.165, 1.54) is 12.1 Å². The molecule has 0 amide bonds. The molecule has 6 heteroatoms. The molecule has 5 nitrogen and oxygen atoms in total. The van der Waals surface area contributed by atoms with Crippen molar-refractivity contribution in [3.8, 4) is 5.75 Å². The van der Waals surface area contributed by atoms with Gasteiger partial charge in [0, 0.05) is 23.5 Å². The van der Waals surface area contributed by atoms with Gasteiger partial charge in [0.15, 0.2) is 0 Å². The summed E-state index contributed by atoms with van der Waals surface area (Å²) in [6.07, 6.45) is 0.0526. The first-order chi connectivity index (χ1) is 9.93. The quantitative estimate of drug-likeness (QED) is 0.577. The number of benzene rings is 1. The zero-order chi connectivity index (χ0) is 15.6. The minimum Gasteiger partial charge on any atom is -1.00 e. The van der Waals surface area contributed by atoms with Crippen molar-refractivity contribution in [2.75, 3.05) is 0 Å². The van der Waals surface area contributed by atoms with E-state index in [4.69, 9.17) is 0 Å². The summed E-state index contributed by atoms with van der Waals surface area (Å²) in [6.45, 7) is 6.07. The summed E-state index contributed by atoms with van der Waals surface area (Å²) < 4.78 is 0. The maximum Gasteiger partial charge on any atom is 1.00 e. The van der Waals surface area contributed by atoms with Crippen molar-refractivity contribution in [1.82, 2.24) is 10.3 Å². The summed E-state index contributed by atoms with van der Waals surface area (Å²) >= 11 is 0. The van der Waals surface area contributed by atoms with Gasteiger partial charge in [0.2, 0.25) is 5.56 Å². The lowest BCUT2D eigenvalue weighted by Crippen LogP contribution is -3.00. The molecule has 0 bridgehead atoms. The number of hydrogen-bond donors (Lipinski definition) is 4. The van der Waals surface area contributed by atoms with Gasteiger partial charge in [0.25, 0.3) is 0 Å². The molecule has 1 aromatic carbocycles. The molecule has 2 atom stereocenters. The number of rotatable bonds is 5. The van der Waals surface area contributed by atoms with Gasteiger partial charge in [-0.1, -0.05) is 26.8 Å². The second-order valence-corrected chi connectivity index (χ2v) is 5.57. The number of halogens is 1. The number of phenols is 1. The molecular weight excluding hydrogens is 304 g/mol. The average Bonchev–Trinajstić information content (AvgIpc) is 2.45. The number of pyridine rings is 1. The lowest BCUT2D eigenvalue weighted by Gasteiger charge is -2.26. The summed E-state index contributed by atoms with van der Waals surface area (Å²) in [6, 6.07) is 6.39. The zero-order valence-corrected chi connectivity index (χ0v) is 13.7. The molecule has 0 radical (unpaired) electrons. The molecule has 0 aliphatic rings. The van der Waals surface area contributed by atoms with Crippen LogP contribution in [0.3, 0.4) is 0 Å². The van der Waals surface area contributed by atoms with Crippen LogP contribution in [-0.4, -0.2) is 27.3 Å². The van der Waals surface area contributed by atoms with E-state index in [0.29, 0.717) is 16.5 Å². The summed E-state index contributed by atoms with van der Waals surface area (Å²) in [7, 11) is 0. The number of nitrogens with one attached hydrogen (secondary N) is 2. The van der Waals surface area contributed by atoms with Gasteiger partial charge in [-0.15, -0.1) is 0 Å². The molecule has 0 aliphatic heterocycles. The number of hydrogen-bond acceptors (Lipinski definition) is 4. The fourth-order valence-electron chi connectivity index (χ4n) is 2.59. The number of aromatic amines is 1. The van der Waals surface area contributed by atoms with Crippen LogP contribution in [-0.2, 0) is 0 Å². The van der Waals surface area contributed by atoms with Crippen LogP contribution in [0.1, 0.15) is 40.3 Å². The monoisotopic (exact) mass is 326 g/mol. The minimum absolute atomic E-state index is 0. The summed E-state index contributed by atoms with van der Waals surface area (Å²) in [5, 5.41) is 24.5. The third-order valence-electron chi connectivity index (χ3n) is 3.59. The molecule has 4 N–H and O–H groups in total. The van der Waals surface area contributed by atoms with Gasteiger partial charge in [0.1, 0.15) is 5.75 Å². The molecule has 122 valence electrons. The first-order valence-electron chi connectivity index (χ1n) is 7.23. The SMILES string of the molecule is CCC(NC(C)C)C(O)c1ccc(O)c2[nH]c(=O)ccc12.[Cl-].[H+]. The molecular formula is C16H23ClN2O3. The van der Waals surface area contributed by atoms with Gasteiger partial charge in [-0.3, -0.25) is 4.79 Å². The van der Waals surface area contributed by atoms with Gasteiger partial charge < -0.3 is 32.9 Å². The number of phenolic OH excluding ortho intramolecular Hbond substituents is 1. The molecule has 22 heavy (non-hydrogen) atoms. The van der Waals surface area contributed by atoms with Gasteiger partial charge in [-0.25, -0.2) is 0 Å². The lowest BCUT2D eigenvalue weighted by molar-refractivity contribution is -0.00000717. The summed E-state index contributed by atoms with van der Waals surface area (Å²) in [5.74, 6) is 0.00326. The van der Waals surface area contributed by atoms with Crippen LogP contribution in [0.15, 0.2) is 29.1 Å². The molecule has 0 aliphatic carbocycles. The maximum absolute atomic E-state index is 11.4. The van der Waals surface area contributed by atoms with Crippen molar-refractivity contribution in [2.45, 2.75) is 45.4 Å². The number of fused-ring (bicyclic) bond motifs is 1. The first kappa shape index (κ1) is 18.5. The highest BCUT2D eigenvalue weighted by Crippen LogP contribution is 2.30. The summed E-state index contributed by atoms with van der Waals surface area (Å²) in [4.78, 5) is 14.0. The van der Waals surface area contributed by atoms with Crippen LogP contribution >= 0.6 is 0 Å². The second-order valence-electron chi connectivity index (χ2n) is 5.57. The van der Waals surface area contributed by atoms with Crippen molar-refractivity contribution >= 4 is 10.9 Å². The van der Waals surface area contributed by atoms with Crippen molar-refractivity contribution in [1.29, 1.82) is 0 Å². The van der Waals surface area contributed by atoms with E-state index in [9.17, 15) is 15.0 Å². The topological polar surface area (TPSA) is 85.3 Å². The van der Waals surface area contributed by atoms with E-state index in [0.717, 1.165) is 6.42 Å². The average molecular weight is 327 g/mol. The number of H-pyrrole nitrogens is 1. The predicted molar refractivity (Wildman–Crippen MR) is 84.7 cm³/mol. The van der Waals surface area contributed by atoms with Gasteiger partial charge in [-0.05, 0) is 24.1 Å². The zero-order valence-electron chi connectivity index (χ0n) is 13.9. The van der Waals surface area contributed by atoms with E-state index in [1.54, 1.807) is 12.1 Å². The lowest BCUT2D eigenvalue weighted by atomic mass is 9.95. The Hall–Kier alpha value is -1.56. The minimum atomic E-state index is -0.716. The number of aromatic nitrogens is 1. The Morgan fingerprint density at radius 1 is 1.27 bits per heavy atom. The van der Waals surface area contributed by atoms with Crippen LogP contribution in [0, 0.1) is 0 Å². The number of aliphatic hydroxyl groups is 1. The van der Waals surface area contributed by atoms with E-state index >= 15 is 0 Å². The predicted octanol–water partition coefficient (Wildman–Crippen LogP) is -0.840. The van der Waals surface area contributed by atoms with Crippen LogP contribution < -0.4 is 23.3 Å². The maximum atomic E-state index is 11.4. The fraction of sp³-hybridized carbons (Fsp3) is 0.438. The molecule has 1 aromatic heterocycles. The molecule has 0 spiro atoms. The largest absolute Gasteiger partial charge is 1.00 e. The second kappa shape index (κ2) is 7.63. The van der Waals surface area contributed by atoms with E-state index < -0.39 is 6.10 Å². The van der Waals surface area contributed by atoms with Crippen molar-refractivity contribution in [3.63, 3.8) is 0 Å². The van der Waals surface area contributed by atoms with E-state index in [2.05, 4.69) is 10.3 Å². The Morgan fingerprint density at radius 2 is 1.95 bits per heavy atom. The highest BCUT2D eigenvalue weighted by Gasteiger charge is 2.22. The summed E-state index contributed by atoms with van der Waals surface area (Å²) in [5.41, 5.74) is 0.772. The molecule has 2 rings (SSSR count). The van der Waals surface area contributed by atoms with E-state index in [1.807, 2.05) is 20.8 Å². The molecule has 1 heterocycles. The van der Waals surface area contributed by atoms with Gasteiger partial charge in [-0.2, -0.15) is 0 Å². The Balaban J connectivity index is 0.00000242. The van der Waals surface area contributed by atoms with Crippen molar-refractivity contribution in [2.24, 2.45) is 0 Å². The normalized spacial score (nSPS) is 13.9. The van der Waals surface area contributed by atoms with Crippen LogP contribution in [0.5, 0.6) is 5.75 Å². The van der Waals surface area contributed by atoms with Crippen molar-refractivity contribution in [3.05, 3.63) is 40.2 Å². The molecule has 0 fully saturated rings. The third kappa shape index (κ3) is 3.80. The Labute approximate surface area is 137 Å². The Morgan fingerprint density at radius 3 is 2.55 bits per heavy atom. The number of aromatic hydroxyl groups is 1. The van der Waals surface area contributed by atoms with Crippen LogP contribution in [0.4, 0.5) is 0 Å². The fourth-order valence-corrected chi connectivity index (χ4v) is 2.59.